The Balaban J connectivity index is 1.28. The van der Waals surface area contributed by atoms with Gasteiger partial charge in [-0.1, -0.05) is 28.1 Å². The maximum absolute atomic E-state index is 12.5. The van der Waals surface area contributed by atoms with Crippen molar-refractivity contribution in [1.82, 2.24) is 0 Å². The number of hydrogen-bond donors (Lipinski definition) is 0. The predicted octanol–water partition coefficient (Wildman–Crippen LogP) is 6.22. The van der Waals surface area contributed by atoms with E-state index in [0.29, 0.717) is 17.4 Å². The van der Waals surface area contributed by atoms with Crippen LogP contribution in [0, 0.1) is 23.2 Å². The van der Waals surface area contributed by atoms with E-state index < -0.39 is 0 Å². The van der Waals surface area contributed by atoms with Gasteiger partial charge in [0.25, 0.3) is 0 Å². The molecular weight excluding hydrogens is 430 g/mol. The van der Waals surface area contributed by atoms with E-state index in [1.165, 1.54) is 19.3 Å². The SMILES string of the molecule is O=C1OC(C23CC4CC(CC(C4)C2)C3)=N/C1=C\c1ccc(-c2ccc(Br)cc2)o1. The molecule has 5 heteroatoms. The minimum Gasteiger partial charge on any atom is -0.457 e. The molecule has 1 aromatic carbocycles. The minimum atomic E-state index is -0.350. The molecule has 29 heavy (non-hydrogen) atoms. The zero-order chi connectivity index (χ0) is 19.6. The fourth-order valence-electron chi connectivity index (χ4n) is 6.34. The predicted molar refractivity (Wildman–Crippen MR) is 114 cm³/mol. The summed E-state index contributed by atoms with van der Waals surface area (Å²) in [5.74, 6) is 4.06. The summed E-state index contributed by atoms with van der Waals surface area (Å²) in [6.07, 6.45) is 9.17. The van der Waals surface area contributed by atoms with Crippen molar-refractivity contribution >= 4 is 33.9 Å². The number of aliphatic imine (C=N–C) groups is 1. The third-order valence-electron chi connectivity index (χ3n) is 7.15. The Kier molecular flexibility index (Phi) is 3.92. The molecule has 148 valence electrons. The van der Waals surface area contributed by atoms with Crippen LogP contribution in [0.15, 0.2) is 56.0 Å². The maximum Gasteiger partial charge on any atom is 0.363 e. The van der Waals surface area contributed by atoms with Crippen molar-refractivity contribution in [1.29, 1.82) is 0 Å². The van der Waals surface area contributed by atoms with Crippen LogP contribution in [0.4, 0.5) is 0 Å². The molecule has 0 N–H and O–H groups in total. The fourth-order valence-corrected chi connectivity index (χ4v) is 6.61. The number of esters is 1. The highest BCUT2D eigenvalue weighted by Crippen LogP contribution is 2.61. The van der Waals surface area contributed by atoms with Crippen LogP contribution in [0.25, 0.3) is 17.4 Å². The highest BCUT2D eigenvalue weighted by Gasteiger charge is 2.55. The van der Waals surface area contributed by atoms with Crippen molar-refractivity contribution in [2.24, 2.45) is 28.2 Å². The number of ether oxygens (including phenoxy) is 1. The monoisotopic (exact) mass is 451 g/mol. The van der Waals surface area contributed by atoms with Gasteiger partial charge < -0.3 is 9.15 Å². The number of furan rings is 1. The topological polar surface area (TPSA) is 51.8 Å². The number of nitrogens with zero attached hydrogens (tertiary/aromatic N) is 1. The van der Waals surface area contributed by atoms with Crippen LogP contribution in [-0.2, 0) is 9.53 Å². The Morgan fingerprint density at radius 3 is 2.28 bits per heavy atom. The molecule has 1 aliphatic heterocycles. The molecule has 5 aliphatic rings. The molecule has 2 aromatic rings. The van der Waals surface area contributed by atoms with Crippen molar-refractivity contribution in [2.75, 3.05) is 0 Å². The van der Waals surface area contributed by atoms with E-state index in [0.717, 1.165) is 52.8 Å². The molecule has 4 bridgehead atoms. The number of carbonyl (C=O) groups is 1. The Hall–Kier alpha value is -2.14. The Bertz CT molecular complexity index is 1010. The number of rotatable bonds is 3. The van der Waals surface area contributed by atoms with Crippen molar-refractivity contribution < 1.29 is 13.9 Å². The lowest BCUT2D eigenvalue weighted by Gasteiger charge is -2.55. The third kappa shape index (κ3) is 3.02. The van der Waals surface area contributed by atoms with E-state index in [4.69, 9.17) is 9.15 Å². The van der Waals surface area contributed by atoms with Crippen LogP contribution >= 0.6 is 15.9 Å². The molecule has 4 nitrogen and oxygen atoms in total. The van der Waals surface area contributed by atoms with Crippen molar-refractivity contribution in [3.8, 4) is 11.3 Å². The van der Waals surface area contributed by atoms with Gasteiger partial charge in [-0.25, -0.2) is 9.79 Å². The van der Waals surface area contributed by atoms with Gasteiger partial charge in [-0.15, -0.1) is 0 Å². The van der Waals surface area contributed by atoms with Gasteiger partial charge in [-0.3, -0.25) is 0 Å². The van der Waals surface area contributed by atoms with E-state index >= 15 is 0 Å². The lowest BCUT2D eigenvalue weighted by molar-refractivity contribution is -0.131. The normalized spacial score (nSPS) is 34.0. The summed E-state index contributed by atoms with van der Waals surface area (Å²) in [5.41, 5.74) is 1.34. The molecular formula is C24H22BrNO3. The molecule has 0 spiro atoms. The first-order valence-electron chi connectivity index (χ1n) is 10.5. The van der Waals surface area contributed by atoms with Gasteiger partial charge in [0, 0.05) is 21.5 Å². The van der Waals surface area contributed by atoms with Crippen LogP contribution < -0.4 is 0 Å². The van der Waals surface area contributed by atoms with Gasteiger partial charge in [0.2, 0.25) is 5.90 Å². The summed E-state index contributed by atoms with van der Waals surface area (Å²) < 4.78 is 12.7. The molecule has 0 radical (unpaired) electrons. The molecule has 0 atom stereocenters. The third-order valence-corrected chi connectivity index (χ3v) is 7.68. The largest absolute Gasteiger partial charge is 0.457 e. The molecule has 0 unspecified atom stereocenters. The van der Waals surface area contributed by atoms with E-state index in [1.807, 2.05) is 36.4 Å². The van der Waals surface area contributed by atoms with Gasteiger partial charge in [0.1, 0.15) is 11.5 Å². The number of halogens is 1. The lowest BCUT2D eigenvalue weighted by atomic mass is 9.49. The molecule has 1 aromatic heterocycles. The highest BCUT2D eigenvalue weighted by atomic mass is 79.9. The van der Waals surface area contributed by atoms with Gasteiger partial charge in [0.15, 0.2) is 5.70 Å². The average Bonchev–Trinajstić information content (AvgIpc) is 3.29. The first-order valence-corrected chi connectivity index (χ1v) is 11.2. The van der Waals surface area contributed by atoms with Crippen LogP contribution in [0.5, 0.6) is 0 Å². The number of cyclic esters (lactones) is 1. The second-order valence-corrected chi connectivity index (χ2v) is 10.2. The van der Waals surface area contributed by atoms with Gasteiger partial charge in [0.05, 0.1) is 0 Å². The van der Waals surface area contributed by atoms with E-state index in [2.05, 4.69) is 20.9 Å². The van der Waals surface area contributed by atoms with E-state index in [1.54, 1.807) is 6.08 Å². The quantitative estimate of drug-likeness (QED) is 0.410. The number of carbonyl (C=O) groups excluding carboxylic acids is 1. The van der Waals surface area contributed by atoms with Gasteiger partial charge in [-0.05, 0) is 80.5 Å². The van der Waals surface area contributed by atoms with E-state index in [9.17, 15) is 4.79 Å². The summed E-state index contributed by atoms with van der Waals surface area (Å²) >= 11 is 3.44. The Morgan fingerprint density at radius 1 is 0.966 bits per heavy atom. The summed E-state index contributed by atoms with van der Waals surface area (Å²) in [6.45, 7) is 0. The smallest absolute Gasteiger partial charge is 0.363 e. The second-order valence-electron chi connectivity index (χ2n) is 9.24. The molecule has 4 saturated carbocycles. The van der Waals surface area contributed by atoms with Gasteiger partial charge in [-0.2, -0.15) is 0 Å². The standard InChI is InChI=1S/C24H22BrNO3/c25-18-3-1-17(2-4-18)21-6-5-19(28-21)10-20-22(27)29-23(26-20)24-11-14-7-15(12-24)9-16(8-14)13-24/h1-6,10,14-16H,7-9,11-13H2/b20-10-. The van der Waals surface area contributed by atoms with Crippen LogP contribution in [0.2, 0.25) is 0 Å². The Labute approximate surface area is 178 Å². The fraction of sp³-hybridized carbons (Fsp3) is 0.417. The zero-order valence-electron chi connectivity index (χ0n) is 16.1. The molecule has 0 saturated heterocycles. The maximum atomic E-state index is 12.5. The van der Waals surface area contributed by atoms with Crippen LogP contribution in [-0.4, -0.2) is 11.9 Å². The number of hydrogen-bond acceptors (Lipinski definition) is 4. The summed E-state index contributed by atoms with van der Waals surface area (Å²) in [7, 11) is 0. The summed E-state index contributed by atoms with van der Waals surface area (Å²) in [5, 5.41) is 0. The molecule has 7 rings (SSSR count). The molecule has 4 aliphatic carbocycles. The lowest BCUT2D eigenvalue weighted by Crippen LogP contribution is -2.50. The van der Waals surface area contributed by atoms with Crippen LogP contribution in [0.1, 0.15) is 44.3 Å². The molecule has 4 fully saturated rings. The first-order chi connectivity index (χ1) is 14.1. The highest BCUT2D eigenvalue weighted by molar-refractivity contribution is 9.10. The second kappa shape index (κ2) is 6.43. The molecule has 2 heterocycles. The van der Waals surface area contributed by atoms with Crippen molar-refractivity contribution in [3.63, 3.8) is 0 Å². The minimum absolute atomic E-state index is 0.00818. The first kappa shape index (κ1) is 17.7. The average molecular weight is 452 g/mol. The van der Waals surface area contributed by atoms with Crippen molar-refractivity contribution in [2.45, 2.75) is 38.5 Å². The van der Waals surface area contributed by atoms with Crippen LogP contribution in [0.3, 0.4) is 0 Å². The summed E-state index contributed by atoms with van der Waals surface area (Å²) in [6, 6.07) is 11.7. The van der Waals surface area contributed by atoms with E-state index in [-0.39, 0.29) is 11.4 Å². The summed E-state index contributed by atoms with van der Waals surface area (Å²) in [4.78, 5) is 17.2. The number of benzene rings is 1. The van der Waals surface area contributed by atoms with Gasteiger partial charge >= 0.3 is 5.97 Å². The zero-order valence-corrected chi connectivity index (χ0v) is 17.7. The Morgan fingerprint density at radius 2 is 1.62 bits per heavy atom. The molecule has 0 amide bonds. The van der Waals surface area contributed by atoms with Crippen molar-refractivity contribution in [3.05, 3.63) is 52.3 Å².